The maximum Gasteiger partial charge on any atom is 0.335 e. The fourth-order valence-electron chi connectivity index (χ4n) is 3.78. The van der Waals surface area contributed by atoms with Crippen LogP contribution in [0.2, 0.25) is 5.02 Å². The highest BCUT2D eigenvalue weighted by Crippen LogP contribution is 2.34. The molecule has 1 aliphatic rings. The first-order chi connectivity index (χ1) is 15.8. The molecule has 4 rings (SSSR count). The van der Waals surface area contributed by atoms with Crippen molar-refractivity contribution in [2.24, 2.45) is 5.10 Å². The Morgan fingerprint density at radius 3 is 2.45 bits per heavy atom. The van der Waals surface area contributed by atoms with E-state index < -0.39 is 23.2 Å². The van der Waals surface area contributed by atoms with Crippen molar-refractivity contribution >= 4 is 23.2 Å². The van der Waals surface area contributed by atoms with E-state index in [1.54, 1.807) is 24.3 Å². The molecule has 2 heterocycles. The number of aromatic amines is 1. The standard InChI is InChI=1S/C23H21ClN4O5/c1-3-33-17-10-4-14(5-11-17)19-12-18(26-28(19)13(2)29)20-21(30)25-23(32)27(22(20)31)16-8-6-15(24)7-9-16/h4-11,19,31H,3,12H2,1-2H3,(H,25,30,32). The van der Waals surface area contributed by atoms with Crippen molar-refractivity contribution in [1.29, 1.82) is 0 Å². The maximum absolute atomic E-state index is 12.7. The van der Waals surface area contributed by atoms with Crippen molar-refractivity contribution in [3.8, 4) is 17.3 Å². The lowest BCUT2D eigenvalue weighted by Gasteiger charge is -2.20. The maximum atomic E-state index is 12.7. The summed E-state index contributed by atoms with van der Waals surface area (Å²) in [5, 5.41) is 17.0. The van der Waals surface area contributed by atoms with Crippen LogP contribution in [0.25, 0.3) is 5.69 Å². The van der Waals surface area contributed by atoms with Gasteiger partial charge in [-0.2, -0.15) is 5.10 Å². The summed E-state index contributed by atoms with van der Waals surface area (Å²) in [7, 11) is 0. The molecule has 1 amide bonds. The van der Waals surface area contributed by atoms with E-state index in [0.29, 0.717) is 23.1 Å². The van der Waals surface area contributed by atoms with Gasteiger partial charge in [0, 0.05) is 18.4 Å². The summed E-state index contributed by atoms with van der Waals surface area (Å²) in [4.78, 5) is 39.6. The van der Waals surface area contributed by atoms with Crippen molar-refractivity contribution in [2.45, 2.75) is 26.3 Å². The van der Waals surface area contributed by atoms with Crippen LogP contribution in [0.3, 0.4) is 0 Å². The van der Waals surface area contributed by atoms with Gasteiger partial charge in [0.2, 0.25) is 11.8 Å². The predicted molar refractivity (Wildman–Crippen MR) is 123 cm³/mol. The number of nitrogens with one attached hydrogen (secondary N) is 1. The number of aromatic nitrogens is 2. The van der Waals surface area contributed by atoms with Crippen molar-refractivity contribution in [2.75, 3.05) is 6.61 Å². The average molecular weight is 469 g/mol. The molecule has 170 valence electrons. The number of aromatic hydroxyl groups is 1. The Morgan fingerprint density at radius 2 is 1.85 bits per heavy atom. The number of benzene rings is 2. The summed E-state index contributed by atoms with van der Waals surface area (Å²) in [6.07, 6.45) is 0.170. The molecule has 0 spiro atoms. The number of carbonyl (C=O) groups excluding carboxylic acids is 1. The lowest BCUT2D eigenvalue weighted by Crippen LogP contribution is -2.33. The van der Waals surface area contributed by atoms with Crippen LogP contribution in [0, 0.1) is 0 Å². The van der Waals surface area contributed by atoms with Gasteiger partial charge in [-0.1, -0.05) is 23.7 Å². The van der Waals surface area contributed by atoms with Gasteiger partial charge in [-0.3, -0.25) is 14.6 Å². The molecule has 1 atom stereocenters. The summed E-state index contributed by atoms with van der Waals surface area (Å²) in [5.41, 5.74) is -0.500. The minimum absolute atomic E-state index is 0.170. The molecule has 0 aliphatic carbocycles. The van der Waals surface area contributed by atoms with E-state index in [4.69, 9.17) is 16.3 Å². The van der Waals surface area contributed by atoms with Crippen LogP contribution in [0.1, 0.15) is 37.4 Å². The summed E-state index contributed by atoms with van der Waals surface area (Å²) in [6, 6.07) is 12.9. The van der Waals surface area contributed by atoms with Gasteiger partial charge in [0.1, 0.15) is 11.3 Å². The highest BCUT2D eigenvalue weighted by atomic mass is 35.5. The predicted octanol–water partition coefficient (Wildman–Crippen LogP) is 2.98. The molecule has 1 unspecified atom stereocenters. The second-order valence-corrected chi connectivity index (χ2v) is 7.84. The highest BCUT2D eigenvalue weighted by Gasteiger charge is 2.34. The molecule has 3 aromatic rings. The van der Waals surface area contributed by atoms with Gasteiger partial charge in [0.15, 0.2) is 0 Å². The molecule has 0 radical (unpaired) electrons. The summed E-state index contributed by atoms with van der Waals surface area (Å²) in [5.74, 6) is -0.203. The topological polar surface area (TPSA) is 117 Å². The zero-order valence-corrected chi connectivity index (χ0v) is 18.7. The van der Waals surface area contributed by atoms with Gasteiger partial charge in [0.05, 0.1) is 24.0 Å². The minimum atomic E-state index is -0.811. The fraction of sp³-hybridized carbons (Fsp3) is 0.217. The van der Waals surface area contributed by atoms with Crippen molar-refractivity contribution in [1.82, 2.24) is 14.6 Å². The second kappa shape index (κ2) is 8.95. The molecule has 1 aliphatic heterocycles. The first-order valence-corrected chi connectivity index (χ1v) is 10.6. The van der Waals surface area contributed by atoms with Crippen molar-refractivity contribution < 1.29 is 14.6 Å². The SMILES string of the molecule is CCOc1ccc(C2CC(c3c(O)n(-c4ccc(Cl)cc4)c(=O)[nH]c3=O)=NN2C(C)=O)cc1. The smallest absolute Gasteiger partial charge is 0.335 e. The summed E-state index contributed by atoms with van der Waals surface area (Å²) >= 11 is 5.91. The number of halogens is 1. The Kier molecular flexibility index (Phi) is 6.06. The molecule has 0 fully saturated rings. The van der Waals surface area contributed by atoms with Crippen LogP contribution in [0.5, 0.6) is 11.6 Å². The lowest BCUT2D eigenvalue weighted by molar-refractivity contribution is -0.130. The Bertz CT molecular complexity index is 1340. The van der Waals surface area contributed by atoms with Crippen molar-refractivity contribution in [3.63, 3.8) is 0 Å². The molecular formula is C23H21ClN4O5. The summed E-state index contributed by atoms with van der Waals surface area (Å²) < 4.78 is 6.42. The van der Waals surface area contributed by atoms with E-state index in [2.05, 4.69) is 10.1 Å². The number of rotatable bonds is 5. The van der Waals surface area contributed by atoms with Gasteiger partial charge >= 0.3 is 5.69 Å². The van der Waals surface area contributed by atoms with E-state index in [1.165, 1.54) is 24.1 Å². The Balaban J connectivity index is 1.77. The van der Waals surface area contributed by atoms with E-state index in [1.807, 2.05) is 19.1 Å². The monoisotopic (exact) mass is 468 g/mol. The van der Waals surface area contributed by atoms with Crippen LogP contribution in [-0.2, 0) is 4.79 Å². The second-order valence-electron chi connectivity index (χ2n) is 7.40. The van der Waals surface area contributed by atoms with Gasteiger partial charge in [-0.25, -0.2) is 14.4 Å². The van der Waals surface area contributed by atoms with E-state index >= 15 is 0 Å². The van der Waals surface area contributed by atoms with Crippen LogP contribution in [0.4, 0.5) is 0 Å². The molecular weight excluding hydrogens is 448 g/mol. The number of hydrogen-bond acceptors (Lipinski definition) is 6. The molecule has 1 aromatic heterocycles. The quantitative estimate of drug-likeness (QED) is 0.597. The number of carbonyl (C=O) groups is 1. The van der Waals surface area contributed by atoms with E-state index in [0.717, 1.165) is 10.1 Å². The Labute approximate surface area is 193 Å². The zero-order valence-electron chi connectivity index (χ0n) is 17.9. The molecule has 2 N–H and O–H groups in total. The summed E-state index contributed by atoms with van der Waals surface area (Å²) in [6.45, 7) is 3.78. The number of hydrogen-bond donors (Lipinski definition) is 2. The Hall–Kier alpha value is -3.85. The normalized spacial score (nSPS) is 15.4. The Morgan fingerprint density at radius 1 is 1.18 bits per heavy atom. The van der Waals surface area contributed by atoms with Crippen LogP contribution >= 0.6 is 11.6 Å². The van der Waals surface area contributed by atoms with Gasteiger partial charge in [-0.15, -0.1) is 0 Å². The lowest BCUT2D eigenvalue weighted by atomic mass is 9.99. The molecule has 10 heteroatoms. The third-order valence-corrected chi connectivity index (χ3v) is 5.52. The van der Waals surface area contributed by atoms with Gasteiger partial charge in [0.25, 0.3) is 5.56 Å². The molecule has 0 bridgehead atoms. The average Bonchev–Trinajstić information content (AvgIpc) is 3.21. The third-order valence-electron chi connectivity index (χ3n) is 5.27. The minimum Gasteiger partial charge on any atom is -0.494 e. The number of nitrogens with zero attached hydrogens (tertiary/aromatic N) is 3. The van der Waals surface area contributed by atoms with E-state index in [9.17, 15) is 19.5 Å². The molecule has 0 saturated carbocycles. The molecule has 2 aromatic carbocycles. The zero-order chi connectivity index (χ0) is 23.7. The van der Waals surface area contributed by atoms with Crippen molar-refractivity contribution in [3.05, 3.63) is 85.5 Å². The van der Waals surface area contributed by atoms with Crippen LogP contribution in [0.15, 0.2) is 63.2 Å². The number of hydrazone groups is 1. The molecule has 0 saturated heterocycles. The number of ether oxygens (including phenoxy) is 1. The fourth-order valence-corrected chi connectivity index (χ4v) is 3.90. The molecule has 33 heavy (non-hydrogen) atoms. The first-order valence-electron chi connectivity index (χ1n) is 10.2. The number of H-pyrrole nitrogens is 1. The van der Waals surface area contributed by atoms with Gasteiger partial charge < -0.3 is 9.84 Å². The highest BCUT2D eigenvalue weighted by molar-refractivity contribution is 6.30. The molecule has 9 nitrogen and oxygen atoms in total. The van der Waals surface area contributed by atoms with E-state index in [-0.39, 0.29) is 23.6 Å². The first kappa shape index (κ1) is 22.3. The van der Waals surface area contributed by atoms with Crippen LogP contribution < -0.4 is 16.0 Å². The number of amides is 1. The van der Waals surface area contributed by atoms with Gasteiger partial charge in [-0.05, 0) is 48.9 Å². The largest absolute Gasteiger partial charge is 0.494 e. The van der Waals surface area contributed by atoms with Crippen LogP contribution in [-0.4, -0.2) is 37.9 Å². The third kappa shape index (κ3) is 4.27.